The van der Waals surface area contributed by atoms with Crippen molar-refractivity contribution < 1.29 is 14.4 Å². The first-order chi connectivity index (χ1) is 13.9. The minimum atomic E-state index is -0.419. The van der Waals surface area contributed by atoms with Gasteiger partial charge in [-0.1, -0.05) is 29.0 Å². The maximum absolute atomic E-state index is 13.2. The number of halogens is 1. The van der Waals surface area contributed by atoms with Gasteiger partial charge in [0.05, 0.1) is 21.3 Å². The highest BCUT2D eigenvalue weighted by Crippen LogP contribution is 2.32. The lowest BCUT2D eigenvalue weighted by molar-refractivity contribution is 0.0672. The number of carbonyl (C=O) groups is 3. The molecule has 0 aliphatic carbocycles. The number of fused-ring (bicyclic) bond motifs is 2. The number of imide groups is 1. The zero-order chi connectivity index (χ0) is 20.7. The van der Waals surface area contributed by atoms with Gasteiger partial charge in [-0.3, -0.25) is 24.2 Å². The van der Waals surface area contributed by atoms with Gasteiger partial charge in [-0.15, -0.1) is 6.58 Å². The number of anilines is 1. The Labute approximate surface area is 176 Å². The Balaban J connectivity index is 1.69. The van der Waals surface area contributed by atoms with Gasteiger partial charge in [0, 0.05) is 23.7 Å². The lowest BCUT2D eigenvalue weighted by Gasteiger charge is -2.17. The van der Waals surface area contributed by atoms with Crippen molar-refractivity contribution in [1.29, 1.82) is 0 Å². The summed E-state index contributed by atoms with van der Waals surface area (Å²) in [4.78, 5) is 45.2. The molecular weight excluding hydrogens is 410 g/mol. The summed E-state index contributed by atoms with van der Waals surface area (Å²) >= 11 is 7.42. The third kappa shape index (κ3) is 3.22. The second kappa shape index (κ2) is 7.42. The van der Waals surface area contributed by atoms with Crippen molar-refractivity contribution in [2.75, 3.05) is 18.0 Å². The highest BCUT2D eigenvalue weighted by Gasteiger charge is 2.35. The molecule has 0 radical (unpaired) electrons. The molecule has 2 aromatic carbocycles. The molecule has 3 amide bonds. The second-order valence-corrected chi connectivity index (χ2v) is 7.87. The van der Waals surface area contributed by atoms with Gasteiger partial charge in [0.25, 0.3) is 17.7 Å². The number of hydrogen-bond acceptors (Lipinski definition) is 5. The average Bonchev–Trinajstić information content (AvgIpc) is 3.22. The van der Waals surface area contributed by atoms with E-state index < -0.39 is 5.91 Å². The van der Waals surface area contributed by atoms with Gasteiger partial charge in [-0.2, -0.15) is 0 Å². The highest BCUT2D eigenvalue weighted by atomic mass is 35.5. The summed E-state index contributed by atoms with van der Waals surface area (Å²) in [6, 6.07) is 9.97. The fraction of sp³-hybridized carbons (Fsp3) is 0.143. The average molecular weight is 426 g/mol. The van der Waals surface area contributed by atoms with E-state index in [9.17, 15) is 14.4 Å². The normalized spacial score (nSPS) is 13.1. The minimum Gasteiger partial charge on any atom is -0.284 e. The monoisotopic (exact) mass is 425 g/mol. The van der Waals surface area contributed by atoms with Gasteiger partial charge in [0.2, 0.25) is 0 Å². The Morgan fingerprint density at radius 1 is 1.21 bits per heavy atom. The molecule has 0 saturated heterocycles. The van der Waals surface area contributed by atoms with E-state index in [2.05, 4.69) is 11.6 Å². The zero-order valence-corrected chi connectivity index (χ0v) is 17.1. The fourth-order valence-electron chi connectivity index (χ4n) is 3.24. The third-order valence-corrected chi connectivity index (χ3v) is 5.95. The van der Waals surface area contributed by atoms with Crippen molar-refractivity contribution in [3.8, 4) is 0 Å². The topological polar surface area (TPSA) is 70.6 Å². The van der Waals surface area contributed by atoms with E-state index in [1.807, 2.05) is 13.0 Å². The van der Waals surface area contributed by atoms with Crippen molar-refractivity contribution in [1.82, 2.24) is 9.88 Å². The molecule has 4 rings (SSSR count). The molecule has 29 heavy (non-hydrogen) atoms. The molecule has 0 bridgehead atoms. The predicted molar refractivity (Wildman–Crippen MR) is 114 cm³/mol. The van der Waals surface area contributed by atoms with Crippen LogP contribution in [0, 0.1) is 0 Å². The van der Waals surface area contributed by atoms with Crippen LogP contribution in [-0.4, -0.2) is 40.7 Å². The van der Waals surface area contributed by atoms with Crippen molar-refractivity contribution >= 4 is 56.0 Å². The van der Waals surface area contributed by atoms with Crippen molar-refractivity contribution in [2.24, 2.45) is 0 Å². The molecular formula is C21H16ClN3O3S. The summed E-state index contributed by atoms with van der Waals surface area (Å²) in [6.07, 6.45) is 1.49. The molecule has 0 saturated carbocycles. The molecule has 3 aromatic rings. The molecule has 0 N–H and O–H groups in total. The van der Waals surface area contributed by atoms with Crippen molar-refractivity contribution in [2.45, 2.75) is 6.92 Å². The molecule has 1 aliphatic heterocycles. The Hall–Kier alpha value is -3.03. The van der Waals surface area contributed by atoms with E-state index in [4.69, 9.17) is 11.6 Å². The highest BCUT2D eigenvalue weighted by molar-refractivity contribution is 7.22. The Morgan fingerprint density at radius 3 is 2.69 bits per heavy atom. The molecule has 1 aromatic heterocycles. The molecule has 0 fully saturated rings. The molecule has 8 heteroatoms. The predicted octanol–water partition coefficient (Wildman–Crippen LogP) is 4.40. The summed E-state index contributed by atoms with van der Waals surface area (Å²) in [5, 5.41) is 1.13. The number of thiazole rings is 1. The van der Waals surface area contributed by atoms with Crippen LogP contribution in [0.4, 0.5) is 5.13 Å². The summed E-state index contributed by atoms with van der Waals surface area (Å²) in [7, 11) is 0. The summed E-state index contributed by atoms with van der Waals surface area (Å²) in [5.74, 6) is -1.08. The molecule has 1 aliphatic rings. The Bertz CT molecular complexity index is 1190. The van der Waals surface area contributed by atoms with Crippen molar-refractivity contribution in [3.05, 3.63) is 70.8 Å². The van der Waals surface area contributed by atoms with Crippen LogP contribution in [0.2, 0.25) is 5.02 Å². The van der Waals surface area contributed by atoms with Gasteiger partial charge in [0.1, 0.15) is 0 Å². The molecule has 0 unspecified atom stereocenters. The van der Waals surface area contributed by atoms with Crippen LogP contribution in [0.3, 0.4) is 0 Å². The van der Waals surface area contributed by atoms with E-state index in [1.165, 1.54) is 29.5 Å². The van der Waals surface area contributed by atoms with Crippen LogP contribution in [-0.2, 0) is 0 Å². The van der Waals surface area contributed by atoms with Gasteiger partial charge < -0.3 is 0 Å². The van der Waals surface area contributed by atoms with E-state index in [0.29, 0.717) is 27.8 Å². The Morgan fingerprint density at radius 2 is 1.97 bits per heavy atom. The van der Waals surface area contributed by atoms with Gasteiger partial charge in [-0.05, 0) is 43.3 Å². The number of carbonyl (C=O) groups excluding carboxylic acids is 3. The van der Waals surface area contributed by atoms with Gasteiger partial charge in [0.15, 0.2) is 5.13 Å². The minimum absolute atomic E-state index is 0.130. The molecule has 0 atom stereocenters. The number of amides is 3. The number of benzene rings is 2. The smallest absolute Gasteiger partial charge is 0.261 e. The first kappa shape index (κ1) is 19.3. The third-order valence-electron chi connectivity index (χ3n) is 4.66. The fourth-order valence-corrected chi connectivity index (χ4v) is 4.42. The lowest BCUT2D eigenvalue weighted by atomic mass is 10.0. The van der Waals surface area contributed by atoms with Crippen LogP contribution in [0.25, 0.3) is 10.2 Å². The quantitative estimate of drug-likeness (QED) is 0.448. The van der Waals surface area contributed by atoms with Crippen LogP contribution >= 0.6 is 22.9 Å². The Kier molecular flexibility index (Phi) is 4.94. The van der Waals surface area contributed by atoms with E-state index in [1.54, 1.807) is 23.1 Å². The molecule has 6 nitrogen and oxygen atoms in total. The van der Waals surface area contributed by atoms with Crippen LogP contribution in [0.5, 0.6) is 0 Å². The second-order valence-electron chi connectivity index (χ2n) is 6.43. The maximum Gasteiger partial charge on any atom is 0.261 e. The summed E-state index contributed by atoms with van der Waals surface area (Å²) < 4.78 is 0.922. The lowest BCUT2D eigenvalue weighted by Crippen LogP contribution is -2.30. The summed E-state index contributed by atoms with van der Waals surface area (Å²) in [5.41, 5.74) is 1.57. The van der Waals surface area contributed by atoms with E-state index in [0.717, 1.165) is 15.1 Å². The number of nitrogens with zero attached hydrogens (tertiary/aromatic N) is 3. The number of hydrogen-bond donors (Lipinski definition) is 0. The molecule has 0 spiro atoms. The SMILES string of the molecule is C=CCN1C(=O)c2ccc(C(=O)N(CC)c3nc4cc(Cl)ccc4s3)cc2C1=O. The van der Waals surface area contributed by atoms with Gasteiger partial charge >= 0.3 is 0 Å². The molecule has 2 heterocycles. The van der Waals surface area contributed by atoms with E-state index >= 15 is 0 Å². The van der Waals surface area contributed by atoms with Crippen molar-refractivity contribution in [3.63, 3.8) is 0 Å². The largest absolute Gasteiger partial charge is 0.284 e. The van der Waals surface area contributed by atoms with Crippen LogP contribution < -0.4 is 4.90 Å². The summed E-state index contributed by atoms with van der Waals surface area (Å²) in [6.45, 7) is 5.96. The van der Waals surface area contributed by atoms with Gasteiger partial charge in [-0.25, -0.2) is 4.98 Å². The van der Waals surface area contributed by atoms with Crippen LogP contribution in [0.1, 0.15) is 38.0 Å². The number of rotatable bonds is 5. The first-order valence-corrected chi connectivity index (χ1v) is 10.1. The molecule has 146 valence electrons. The maximum atomic E-state index is 13.2. The zero-order valence-electron chi connectivity index (χ0n) is 15.5. The standard InChI is InChI=1S/C21H16ClN3O3S/c1-3-9-25-19(27)14-7-5-12(10-15(14)20(25)28)18(26)24(4-2)21-23-16-11-13(22)6-8-17(16)29-21/h3,5-8,10-11H,1,4,9H2,2H3. The number of aromatic nitrogens is 1. The first-order valence-electron chi connectivity index (χ1n) is 8.93. The van der Waals surface area contributed by atoms with E-state index in [-0.39, 0.29) is 23.9 Å². The van der Waals surface area contributed by atoms with Crippen LogP contribution in [0.15, 0.2) is 49.1 Å².